The Balaban J connectivity index is 2.56. The van der Waals surface area contributed by atoms with Crippen molar-refractivity contribution in [1.82, 2.24) is 10.9 Å². The second kappa shape index (κ2) is 5.21. The monoisotopic (exact) mass is 196 g/mol. The van der Waals surface area contributed by atoms with Crippen LogP contribution in [0.25, 0.3) is 0 Å². The number of hydrogen-bond donors (Lipinski definition) is 4. The molecule has 5 heteroatoms. The van der Waals surface area contributed by atoms with E-state index in [1.165, 1.54) is 12.1 Å². The van der Waals surface area contributed by atoms with Crippen molar-refractivity contribution in [1.29, 1.82) is 0 Å². The fraction of sp³-hybridized carbons (Fsp3) is 0.222. The third kappa shape index (κ3) is 2.72. The molecular formula is C9H12N2O3. The Kier molecular flexibility index (Phi) is 3.90. The van der Waals surface area contributed by atoms with Gasteiger partial charge in [0.2, 0.25) is 0 Å². The molecule has 1 amide bonds. The first-order chi connectivity index (χ1) is 6.75. The van der Waals surface area contributed by atoms with Crippen molar-refractivity contribution in [3.8, 4) is 5.75 Å². The Morgan fingerprint density at radius 2 is 2.07 bits per heavy atom. The third-order valence-corrected chi connectivity index (χ3v) is 1.59. The molecule has 0 aliphatic rings. The number of aliphatic hydroxyl groups excluding tert-OH is 1. The molecule has 5 nitrogen and oxygen atoms in total. The Morgan fingerprint density at radius 1 is 1.36 bits per heavy atom. The summed E-state index contributed by atoms with van der Waals surface area (Å²) >= 11 is 0. The average molecular weight is 196 g/mol. The van der Waals surface area contributed by atoms with Crippen molar-refractivity contribution < 1.29 is 15.0 Å². The van der Waals surface area contributed by atoms with Gasteiger partial charge in [-0.1, -0.05) is 12.1 Å². The van der Waals surface area contributed by atoms with Gasteiger partial charge in [-0.15, -0.1) is 0 Å². The molecule has 0 saturated carbocycles. The predicted octanol–water partition coefficient (Wildman–Crippen LogP) is -0.381. The molecule has 0 saturated heterocycles. The zero-order valence-corrected chi connectivity index (χ0v) is 7.53. The van der Waals surface area contributed by atoms with Crippen molar-refractivity contribution in [3.63, 3.8) is 0 Å². The maximum absolute atomic E-state index is 11.3. The van der Waals surface area contributed by atoms with E-state index in [0.717, 1.165) is 0 Å². The number of carbonyl (C=O) groups excluding carboxylic acids is 1. The van der Waals surface area contributed by atoms with Crippen molar-refractivity contribution in [2.24, 2.45) is 0 Å². The molecule has 1 aromatic carbocycles. The molecular weight excluding hydrogens is 184 g/mol. The zero-order chi connectivity index (χ0) is 10.4. The standard InChI is InChI=1S/C9H12N2O3/c12-6-5-10-11-9(14)7-3-1-2-4-8(7)13/h1-4,10,12-13H,5-6H2,(H,11,14). The minimum atomic E-state index is -0.434. The lowest BCUT2D eigenvalue weighted by Crippen LogP contribution is -2.38. The number of hydrogen-bond acceptors (Lipinski definition) is 4. The van der Waals surface area contributed by atoms with E-state index >= 15 is 0 Å². The van der Waals surface area contributed by atoms with Crippen molar-refractivity contribution in [3.05, 3.63) is 29.8 Å². The number of rotatable bonds is 4. The maximum atomic E-state index is 11.3. The van der Waals surface area contributed by atoms with Crippen LogP contribution >= 0.6 is 0 Å². The van der Waals surface area contributed by atoms with Gasteiger partial charge in [0, 0.05) is 6.54 Å². The quantitative estimate of drug-likeness (QED) is 0.391. The summed E-state index contributed by atoms with van der Waals surface area (Å²) in [5.74, 6) is -0.507. The topological polar surface area (TPSA) is 81.6 Å². The molecule has 0 aliphatic heterocycles. The van der Waals surface area contributed by atoms with Gasteiger partial charge in [0.25, 0.3) is 5.91 Å². The largest absolute Gasteiger partial charge is 0.507 e. The molecule has 0 heterocycles. The summed E-state index contributed by atoms with van der Waals surface area (Å²) in [7, 11) is 0. The van der Waals surface area contributed by atoms with E-state index < -0.39 is 5.91 Å². The van der Waals surface area contributed by atoms with Crippen LogP contribution in [-0.2, 0) is 0 Å². The van der Waals surface area contributed by atoms with Gasteiger partial charge in [-0.3, -0.25) is 10.2 Å². The van der Waals surface area contributed by atoms with Crippen LogP contribution in [0.2, 0.25) is 0 Å². The van der Waals surface area contributed by atoms with E-state index in [0.29, 0.717) is 0 Å². The highest BCUT2D eigenvalue weighted by atomic mass is 16.3. The molecule has 4 N–H and O–H groups in total. The van der Waals surface area contributed by atoms with Gasteiger partial charge in [0.15, 0.2) is 0 Å². The zero-order valence-electron chi connectivity index (χ0n) is 7.53. The molecule has 0 atom stereocenters. The predicted molar refractivity (Wildman–Crippen MR) is 50.7 cm³/mol. The Morgan fingerprint density at radius 3 is 2.71 bits per heavy atom. The molecule has 76 valence electrons. The van der Waals surface area contributed by atoms with Gasteiger partial charge in [-0.2, -0.15) is 0 Å². The molecule has 0 bridgehead atoms. The van der Waals surface area contributed by atoms with Crippen molar-refractivity contribution in [2.45, 2.75) is 0 Å². The van der Waals surface area contributed by atoms with Crippen LogP contribution in [0.15, 0.2) is 24.3 Å². The highest BCUT2D eigenvalue weighted by Crippen LogP contribution is 2.14. The molecule has 0 aromatic heterocycles. The van der Waals surface area contributed by atoms with E-state index in [1.54, 1.807) is 12.1 Å². The lowest BCUT2D eigenvalue weighted by Gasteiger charge is -2.06. The summed E-state index contributed by atoms with van der Waals surface area (Å²) in [5, 5.41) is 17.7. The summed E-state index contributed by atoms with van der Waals surface area (Å²) < 4.78 is 0. The van der Waals surface area contributed by atoms with Crippen molar-refractivity contribution >= 4 is 5.91 Å². The summed E-state index contributed by atoms with van der Waals surface area (Å²) in [6.45, 7) is 0.195. The average Bonchev–Trinajstić information content (AvgIpc) is 2.18. The highest BCUT2D eigenvalue weighted by molar-refractivity contribution is 5.96. The smallest absolute Gasteiger partial charge is 0.269 e. The maximum Gasteiger partial charge on any atom is 0.269 e. The van der Waals surface area contributed by atoms with Crippen LogP contribution in [0.3, 0.4) is 0 Å². The summed E-state index contributed by atoms with van der Waals surface area (Å²) in [6, 6.07) is 6.22. The molecule has 0 spiro atoms. The van der Waals surface area contributed by atoms with Crippen LogP contribution in [0.4, 0.5) is 0 Å². The van der Waals surface area contributed by atoms with Gasteiger partial charge in [-0.05, 0) is 12.1 Å². The van der Waals surface area contributed by atoms with E-state index in [9.17, 15) is 9.90 Å². The van der Waals surface area contributed by atoms with Crippen LogP contribution < -0.4 is 10.9 Å². The normalized spacial score (nSPS) is 9.79. The number of phenols is 1. The summed E-state index contributed by atoms with van der Waals surface area (Å²) in [4.78, 5) is 11.3. The Labute approximate surface area is 81.3 Å². The second-order valence-electron chi connectivity index (χ2n) is 2.62. The van der Waals surface area contributed by atoms with E-state index in [-0.39, 0.29) is 24.5 Å². The number of benzene rings is 1. The fourth-order valence-electron chi connectivity index (χ4n) is 0.932. The van der Waals surface area contributed by atoms with Gasteiger partial charge in [0.1, 0.15) is 5.75 Å². The van der Waals surface area contributed by atoms with Gasteiger partial charge in [0.05, 0.1) is 12.2 Å². The first-order valence-corrected chi connectivity index (χ1v) is 4.17. The lowest BCUT2D eigenvalue weighted by atomic mass is 10.2. The summed E-state index contributed by atoms with van der Waals surface area (Å²) in [6.07, 6.45) is 0. The number of aliphatic hydroxyl groups is 1. The highest BCUT2D eigenvalue weighted by Gasteiger charge is 2.08. The number of aromatic hydroxyl groups is 1. The molecule has 0 aliphatic carbocycles. The van der Waals surface area contributed by atoms with E-state index in [1.807, 2.05) is 0 Å². The van der Waals surface area contributed by atoms with Gasteiger partial charge in [-0.25, -0.2) is 5.43 Å². The Bertz CT molecular complexity index is 315. The first-order valence-electron chi connectivity index (χ1n) is 4.17. The molecule has 0 radical (unpaired) electrons. The van der Waals surface area contributed by atoms with Gasteiger partial charge < -0.3 is 10.2 Å². The van der Waals surface area contributed by atoms with Crippen LogP contribution in [-0.4, -0.2) is 29.3 Å². The summed E-state index contributed by atoms with van der Waals surface area (Å²) in [5.41, 5.74) is 5.02. The number of phenolic OH excluding ortho intramolecular Hbond substituents is 1. The number of carbonyl (C=O) groups is 1. The number of amides is 1. The third-order valence-electron chi connectivity index (χ3n) is 1.59. The van der Waals surface area contributed by atoms with Gasteiger partial charge >= 0.3 is 0 Å². The SMILES string of the molecule is O=C(NNCCO)c1ccccc1O. The molecule has 1 aromatic rings. The van der Waals surface area contributed by atoms with Crippen LogP contribution in [0.5, 0.6) is 5.75 Å². The molecule has 0 fully saturated rings. The minimum absolute atomic E-state index is 0.0684. The Hall–Kier alpha value is -1.59. The molecule has 14 heavy (non-hydrogen) atoms. The number of para-hydroxylation sites is 1. The number of hydrazine groups is 1. The van der Waals surface area contributed by atoms with E-state index in [4.69, 9.17) is 5.11 Å². The minimum Gasteiger partial charge on any atom is -0.507 e. The first kappa shape index (κ1) is 10.5. The van der Waals surface area contributed by atoms with Crippen LogP contribution in [0, 0.1) is 0 Å². The van der Waals surface area contributed by atoms with E-state index in [2.05, 4.69) is 10.9 Å². The fourth-order valence-corrected chi connectivity index (χ4v) is 0.932. The van der Waals surface area contributed by atoms with Crippen molar-refractivity contribution in [2.75, 3.05) is 13.2 Å². The second-order valence-corrected chi connectivity index (χ2v) is 2.62. The lowest BCUT2D eigenvalue weighted by molar-refractivity contribution is 0.0927. The van der Waals surface area contributed by atoms with Crippen LogP contribution in [0.1, 0.15) is 10.4 Å². The molecule has 0 unspecified atom stereocenters. The number of nitrogens with one attached hydrogen (secondary N) is 2. The molecule has 1 rings (SSSR count).